The minimum Gasteiger partial charge on any atom is -0.494 e. The van der Waals surface area contributed by atoms with Gasteiger partial charge in [0.2, 0.25) is 5.91 Å². The molecule has 0 aliphatic carbocycles. The molecular formula is C13H19FN2O2. The van der Waals surface area contributed by atoms with E-state index in [2.05, 4.69) is 5.32 Å². The molecule has 18 heavy (non-hydrogen) atoms. The van der Waals surface area contributed by atoms with Crippen LogP contribution in [-0.2, 0) is 4.79 Å². The standard InChI is InChI=1S/C13H19FN2O2/c1-3-4-10(15)8-13(17)16-11-6-5-9(14)7-12(11)18-2/h5-7,10H,3-4,8,15H2,1-2H3,(H,16,17). The van der Waals surface area contributed by atoms with Gasteiger partial charge in [0.05, 0.1) is 12.8 Å². The van der Waals surface area contributed by atoms with Crippen LogP contribution < -0.4 is 15.8 Å². The number of amides is 1. The number of rotatable bonds is 6. The zero-order valence-corrected chi connectivity index (χ0v) is 10.7. The van der Waals surface area contributed by atoms with Crippen LogP contribution in [0.4, 0.5) is 10.1 Å². The van der Waals surface area contributed by atoms with Gasteiger partial charge >= 0.3 is 0 Å². The highest BCUT2D eigenvalue weighted by Crippen LogP contribution is 2.25. The predicted molar refractivity (Wildman–Crippen MR) is 69.1 cm³/mol. The molecule has 0 fully saturated rings. The van der Waals surface area contributed by atoms with E-state index in [1.807, 2.05) is 6.92 Å². The van der Waals surface area contributed by atoms with Gasteiger partial charge in [-0.2, -0.15) is 0 Å². The summed E-state index contributed by atoms with van der Waals surface area (Å²) < 4.78 is 18.0. The molecular weight excluding hydrogens is 235 g/mol. The second-order valence-corrected chi connectivity index (χ2v) is 4.15. The van der Waals surface area contributed by atoms with Crippen LogP contribution in [0.15, 0.2) is 18.2 Å². The van der Waals surface area contributed by atoms with Crippen molar-refractivity contribution in [1.29, 1.82) is 0 Å². The molecule has 100 valence electrons. The molecule has 1 atom stereocenters. The molecule has 0 bridgehead atoms. The minimum atomic E-state index is -0.410. The lowest BCUT2D eigenvalue weighted by molar-refractivity contribution is -0.116. The fourth-order valence-electron chi connectivity index (χ4n) is 1.68. The summed E-state index contributed by atoms with van der Waals surface area (Å²) >= 11 is 0. The number of methoxy groups -OCH3 is 1. The van der Waals surface area contributed by atoms with Crippen molar-refractivity contribution in [3.63, 3.8) is 0 Å². The number of halogens is 1. The minimum absolute atomic E-state index is 0.151. The molecule has 1 amide bonds. The highest BCUT2D eigenvalue weighted by atomic mass is 19.1. The number of anilines is 1. The molecule has 1 aromatic rings. The Kier molecular flexibility index (Phi) is 5.58. The van der Waals surface area contributed by atoms with Gasteiger partial charge in [-0.3, -0.25) is 4.79 Å². The van der Waals surface area contributed by atoms with Crippen molar-refractivity contribution < 1.29 is 13.9 Å². The Labute approximate surface area is 106 Å². The SMILES string of the molecule is CCCC(N)CC(=O)Nc1ccc(F)cc1OC. The summed E-state index contributed by atoms with van der Waals surface area (Å²) in [5.74, 6) is -0.305. The number of nitrogens with two attached hydrogens (primary N) is 1. The van der Waals surface area contributed by atoms with Crippen LogP contribution in [0.3, 0.4) is 0 Å². The average Bonchev–Trinajstić information content (AvgIpc) is 2.31. The van der Waals surface area contributed by atoms with E-state index in [9.17, 15) is 9.18 Å². The Morgan fingerprint density at radius 3 is 2.89 bits per heavy atom. The quantitative estimate of drug-likeness (QED) is 0.818. The molecule has 0 aliphatic heterocycles. The summed E-state index contributed by atoms with van der Waals surface area (Å²) in [7, 11) is 1.42. The zero-order valence-electron chi connectivity index (χ0n) is 10.7. The summed E-state index contributed by atoms with van der Waals surface area (Å²) in [6.07, 6.45) is 1.98. The van der Waals surface area contributed by atoms with Crippen molar-refractivity contribution in [1.82, 2.24) is 0 Å². The molecule has 0 spiro atoms. The third-order valence-electron chi connectivity index (χ3n) is 2.54. The molecule has 0 heterocycles. The van der Waals surface area contributed by atoms with Crippen molar-refractivity contribution in [2.75, 3.05) is 12.4 Å². The first-order valence-corrected chi connectivity index (χ1v) is 5.95. The number of ether oxygens (including phenoxy) is 1. The van der Waals surface area contributed by atoms with Crippen LogP contribution in [0.25, 0.3) is 0 Å². The largest absolute Gasteiger partial charge is 0.494 e. The van der Waals surface area contributed by atoms with Gasteiger partial charge in [-0.15, -0.1) is 0 Å². The van der Waals surface area contributed by atoms with E-state index in [-0.39, 0.29) is 18.4 Å². The second-order valence-electron chi connectivity index (χ2n) is 4.15. The van der Waals surface area contributed by atoms with Gasteiger partial charge in [0.15, 0.2) is 0 Å². The number of nitrogens with one attached hydrogen (secondary N) is 1. The van der Waals surface area contributed by atoms with Crippen LogP contribution in [0.5, 0.6) is 5.75 Å². The number of carbonyl (C=O) groups excluding carboxylic acids is 1. The molecule has 1 rings (SSSR count). The summed E-state index contributed by atoms with van der Waals surface area (Å²) in [5.41, 5.74) is 6.23. The predicted octanol–water partition coefficient (Wildman–Crippen LogP) is 2.29. The van der Waals surface area contributed by atoms with E-state index in [4.69, 9.17) is 10.5 Å². The highest BCUT2D eigenvalue weighted by molar-refractivity contribution is 5.92. The van der Waals surface area contributed by atoms with E-state index >= 15 is 0 Å². The fraction of sp³-hybridized carbons (Fsp3) is 0.462. The Morgan fingerprint density at radius 2 is 2.28 bits per heavy atom. The van der Waals surface area contributed by atoms with Gasteiger partial charge in [-0.25, -0.2) is 4.39 Å². The van der Waals surface area contributed by atoms with Crippen LogP contribution in [0, 0.1) is 5.82 Å². The highest BCUT2D eigenvalue weighted by Gasteiger charge is 2.11. The maximum Gasteiger partial charge on any atom is 0.226 e. The van der Waals surface area contributed by atoms with Gasteiger partial charge < -0.3 is 15.8 Å². The lowest BCUT2D eigenvalue weighted by atomic mass is 10.1. The van der Waals surface area contributed by atoms with Crippen molar-refractivity contribution in [2.24, 2.45) is 5.73 Å². The van der Waals surface area contributed by atoms with Gasteiger partial charge in [-0.05, 0) is 18.6 Å². The topological polar surface area (TPSA) is 64.4 Å². The summed E-state index contributed by atoms with van der Waals surface area (Å²) in [4.78, 5) is 11.7. The first-order chi connectivity index (χ1) is 8.56. The number of hydrogen-bond donors (Lipinski definition) is 2. The Morgan fingerprint density at radius 1 is 1.56 bits per heavy atom. The summed E-state index contributed by atoms with van der Waals surface area (Å²) in [6.45, 7) is 2.01. The van der Waals surface area contributed by atoms with Crippen LogP contribution in [-0.4, -0.2) is 19.1 Å². The monoisotopic (exact) mass is 254 g/mol. The molecule has 0 aromatic heterocycles. The third kappa shape index (κ3) is 4.33. The zero-order chi connectivity index (χ0) is 13.5. The van der Waals surface area contributed by atoms with Crippen molar-refractivity contribution in [2.45, 2.75) is 32.2 Å². The lowest BCUT2D eigenvalue weighted by Gasteiger charge is -2.12. The Hall–Kier alpha value is -1.62. The van der Waals surface area contributed by atoms with Crippen molar-refractivity contribution in [3.8, 4) is 5.75 Å². The molecule has 0 saturated carbocycles. The normalized spacial score (nSPS) is 12.0. The summed E-state index contributed by atoms with van der Waals surface area (Å²) in [6, 6.07) is 3.81. The van der Waals surface area contributed by atoms with Gasteiger partial charge in [0, 0.05) is 18.5 Å². The van der Waals surface area contributed by atoms with Crippen LogP contribution >= 0.6 is 0 Å². The molecule has 5 heteroatoms. The molecule has 0 radical (unpaired) electrons. The maximum absolute atomic E-state index is 13.0. The molecule has 1 aromatic carbocycles. The van der Waals surface area contributed by atoms with Crippen LogP contribution in [0.1, 0.15) is 26.2 Å². The third-order valence-corrected chi connectivity index (χ3v) is 2.54. The molecule has 0 aliphatic rings. The number of hydrogen-bond acceptors (Lipinski definition) is 3. The van der Waals surface area contributed by atoms with E-state index in [1.54, 1.807) is 0 Å². The Balaban J connectivity index is 2.64. The van der Waals surface area contributed by atoms with Crippen molar-refractivity contribution in [3.05, 3.63) is 24.0 Å². The second kappa shape index (κ2) is 6.96. The first-order valence-electron chi connectivity index (χ1n) is 5.95. The Bertz CT molecular complexity index is 410. The molecule has 3 N–H and O–H groups in total. The molecule has 1 unspecified atom stereocenters. The molecule has 0 saturated heterocycles. The van der Waals surface area contributed by atoms with Crippen LogP contribution in [0.2, 0.25) is 0 Å². The first kappa shape index (κ1) is 14.4. The number of benzene rings is 1. The van der Waals surface area contributed by atoms with Gasteiger partial charge in [0.25, 0.3) is 0 Å². The number of carbonyl (C=O) groups is 1. The maximum atomic E-state index is 13.0. The molecule has 4 nitrogen and oxygen atoms in total. The van der Waals surface area contributed by atoms with E-state index in [0.29, 0.717) is 11.4 Å². The van der Waals surface area contributed by atoms with Gasteiger partial charge in [0.1, 0.15) is 11.6 Å². The van der Waals surface area contributed by atoms with Crippen molar-refractivity contribution >= 4 is 11.6 Å². The van der Waals surface area contributed by atoms with E-state index < -0.39 is 5.82 Å². The fourth-order valence-corrected chi connectivity index (χ4v) is 1.68. The van der Waals surface area contributed by atoms with E-state index in [0.717, 1.165) is 12.8 Å². The lowest BCUT2D eigenvalue weighted by Crippen LogP contribution is -2.27. The van der Waals surface area contributed by atoms with E-state index in [1.165, 1.54) is 25.3 Å². The smallest absolute Gasteiger partial charge is 0.226 e. The summed E-state index contributed by atoms with van der Waals surface area (Å²) in [5, 5.41) is 2.67. The average molecular weight is 254 g/mol. The van der Waals surface area contributed by atoms with Gasteiger partial charge in [-0.1, -0.05) is 13.3 Å².